The van der Waals surface area contributed by atoms with Crippen LogP contribution in [0.2, 0.25) is 0 Å². The molecule has 9 heteroatoms. The molecule has 1 atom stereocenters. The summed E-state index contributed by atoms with van der Waals surface area (Å²) < 4.78 is 30.4. The minimum Gasteiger partial charge on any atom is -0.354 e. The highest BCUT2D eigenvalue weighted by Crippen LogP contribution is 2.28. The van der Waals surface area contributed by atoms with Crippen molar-refractivity contribution in [2.45, 2.75) is 51.1 Å². The molecule has 0 bridgehead atoms. The van der Waals surface area contributed by atoms with Crippen molar-refractivity contribution in [3.8, 4) is 0 Å². The Morgan fingerprint density at radius 2 is 1.44 bits per heavy atom. The minimum absolute atomic E-state index is 0.0813. The van der Waals surface area contributed by atoms with Crippen molar-refractivity contribution in [2.24, 2.45) is 5.92 Å². The standard InChI is InChI=1S/C36H40BrN3O4S/c1-4-30-17-11-12-21-33(30)40(45(43,44)32-19-9-6-10-20-32)26-35(41)39(25-29-16-13-18-31(37)22-29)34(36(42)38-24-27(2)3)23-28-14-7-5-8-15-28/h5-22,27,34H,4,23-26H2,1-3H3,(H,38,42)/t34-/m1/s1. The lowest BCUT2D eigenvalue weighted by Gasteiger charge is -2.34. The van der Waals surface area contributed by atoms with E-state index in [2.05, 4.69) is 21.2 Å². The summed E-state index contributed by atoms with van der Waals surface area (Å²) in [5.74, 6) is -0.569. The van der Waals surface area contributed by atoms with Gasteiger partial charge in [0.1, 0.15) is 12.6 Å². The fourth-order valence-electron chi connectivity index (χ4n) is 5.09. The second-order valence-corrected chi connectivity index (χ2v) is 14.1. The molecule has 0 heterocycles. The third kappa shape index (κ3) is 9.05. The smallest absolute Gasteiger partial charge is 0.264 e. The number of amides is 2. The number of benzene rings is 4. The van der Waals surface area contributed by atoms with Crippen molar-refractivity contribution in [1.82, 2.24) is 10.2 Å². The summed E-state index contributed by atoms with van der Waals surface area (Å²) in [6, 6.07) is 31.5. The molecule has 0 fully saturated rings. The predicted molar refractivity (Wildman–Crippen MR) is 183 cm³/mol. The van der Waals surface area contributed by atoms with Gasteiger partial charge >= 0.3 is 0 Å². The molecule has 2 amide bonds. The summed E-state index contributed by atoms with van der Waals surface area (Å²) in [7, 11) is -4.14. The Kier molecular flexibility index (Phi) is 12.0. The van der Waals surface area contributed by atoms with E-state index in [1.165, 1.54) is 21.3 Å². The highest BCUT2D eigenvalue weighted by molar-refractivity contribution is 9.10. The van der Waals surface area contributed by atoms with Gasteiger partial charge in [0.25, 0.3) is 10.0 Å². The van der Waals surface area contributed by atoms with E-state index in [4.69, 9.17) is 0 Å². The van der Waals surface area contributed by atoms with Crippen molar-refractivity contribution in [1.29, 1.82) is 0 Å². The fourth-order valence-corrected chi connectivity index (χ4v) is 7.01. The van der Waals surface area contributed by atoms with Crippen molar-refractivity contribution in [2.75, 3.05) is 17.4 Å². The first-order valence-electron chi connectivity index (χ1n) is 15.1. The maximum Gasteiger partial charge on any atom is 0.264 e. The molecule has 0 radical (unpaired) electrons. The van der Waals surface area contributed by atoms with Gasteiger partial charge in [-0.2, -0.15) is 0 Å². The highest BCUT2D eigenvalue weighted by Gasteiger charge is 2.35. The van der Waals surface area contributed by atoms with Gasteiger partial charge in [-0.05, 0) is 59.4 Å². The van der Waals surface area contributed by atoms with E-state index < -0.39 is 28.5 Å². The van der Waals surface area contributed by atoms with E-state index in [1.807, 2.05) is 87.5 Å². The summed E-state index contributed by atoms with van der Waals surface area (Å²) in [4.78, 5) is 30.1. The SMILES string of the molecule is CCc1ccccc1N(CC(=O)N(Cc1cccc(Br)c1)[C@H](Cc1ccccc1)C(=O)NCC(C)C)S(=O)(=O)c1ccccc1. The molecule has 0 saturated carbocycles. The van der Waals surface area contributed by atoms with Crippen molar-refractivity contribution < 1.29 is 18.0 Å². The molecule has 0 saturated heterocycles. The second-order valence-electron chi connectivity index (χ2n) is 11.3. The Balaban J connectivity index is 1.82. The van der Waals surface area contributed by atoms with Crippen molar-refractivity contribution in [3.63, 3.8) is 0 Å². The van der Waals surface area contributed by atoms with Gasteiger partial charge in [-0.3, -0.25) is 13.9 Å². The molecule has 0 aliphatic carbocycles. The average Bonchev–Trinajstić information content (AvgIpc) is 3.04. The number of nitrogens with one attached hydrogen (secondary N) is 1. The lowest BCUT2D eigenvalue weighted by molar-refractivity contribution is -0.140. The lowest BCUT2D eigenvalue weighted by atomic mass is 10.0. The number of hydrogen-bond donors (Lipinski definition) is 1. The van der Waals surface area contributed by atoms with E-state index in [0.717, 1.165) is 21.2 Å². The van der Waals surface area contributed by atoms with Crippen molar-refractivity contribution in [3.05, 3.63) is 130 Å². The Morgan fingerprint density at radius 1 is 0.822 bits per heavy atom. The van der Waals surface area contributed by atoms with Gasteiger partial charge in [-0.15, -0.1) is 0 Å². The Bertz CT molecular complexity index is 1680. The number of hydrogen-bond acceptors (Lipinski definition) is 4. The quantitative estimate of drug-likeness (QED) is 0.161. The number of para-hydroxylation sites is 1. The lowest BCUT2D eigenvalue weighted by Crippen LogP contribution is -2.53. The van der Waals surface area contributed by atoms with Crippen LogP contribution >= 0.6 is 15.9 Å². The van der Waals surface area contributed by atoms with Crippen LogP contribution in [0, 0.1) is 5.92 Å². The van der Waals surface area contributed by atoms with Gasteiger partial charge in [-0.25, -0.2) is 8.42 Å². The molecule has 45 heavy (non-hydrogen) atoms. The zero-order valence-electron chi connectivity index (χ0n) is 25.9. The largest absolute Gasteiger partial charge is 0.354 e. The number of anilines is 1. The molecular formula is C36H40BrN3O4S. The molecule has 0 aliphatic heterocycles. The van der Waals surface area contributed by atoms with Crippen LogP contribution in [0.4, 0.5) is 5.69 Å². The van der Waals surface area contributed by atoms with Crippen molar-refractivity contribution >= 4 is 43.5 Å². The van der Waals surface area contributed by atoms with E-state index in [0.29, 0.717) is 18.7 Å². The maximum absolute atomic E-state index is 14.6. The Labute approximate surface area is 275 Å². The van der Waals surface area contributed by atoms with E-state index in [9.17, 15) is 18.0 Å². The van der Waals surface area contributed by atoms with Crippen LogP contribution in [0.25, 0.3) is 0 Å². The second kappa shape index (κ2) is 15.9. The average molecular weight is 691 g/mol. The Hall–Kier alpha value is -3.95. The monoisotopic (exact) mass is 689 g/mol. The normalized spacial score (nSPS) is 12.0. The Morgan fingerprint density at radius 3 is 2.09 bits per heavy atom. The first-order chi connectivity index (χ1) is 21.6. The highest BCUT2D eigenvalue weighted by atomic mass is 79.9. The number of carbonyl (C=O) groups is 2. The molecule has 1 N–H and O–H groups in total. The first kappa shape index (κ1) is 33.9. The summed E-state index contributed by atoms with van der Waals surface area (Å²) in [6.45, 7) is 6.04. The van der Waals surface area contributed by atoms with E-state index >= 15 is 0 Å². The number of halogens is 1. The summed E-state index contributed by atoms with van der Waals surface area (Å²) >= 11 is 3.52. The molecule has 236 valence electrons. The van der Waals surface area contributed by atoms with Crippen LogP contribution in [0.3, 0.4) is 0 Å². The molecule has 0 spiro atoms. The summed E-state index contributed by atoms with van der Waals surface area (Å²) in [5, 5.41) is 3.02. The van der Waals surface area contributed by atoms with Crippen LogP contribution < -0.4 is 9.62 Å². The third-order valence-electron chi connectivity index (χ3n) is 7.45. The molecule has 0 unspecified atom stereocenters. The number of aryl methyl sites for hydroxylation is 1. The molecule has 0 aromatic heterocycles. The zero-order valence-corrected chi connectivity index (χ0v) is 28.3. The van der Waals surface area contributed by atoms with Crippen LogP contribution in [0.5, 0.6) is 0 Å². The van der Waals surface area contributed by atoms with E-state index in [1.54, 1.807) is 30.3 Å². The summed E-state index contributed by atoms with van der Waals surface area (Å²) in [5.41, 5.74) is 2.92. The molecular weight excluding hydrogens is 650 g/mol. The summed E-state index contributed by atoms with van der Waals surface area (Å²) in [6.07, 6.45) is 0.836. The first-order valence-corrected chi connectivity index (χ1v) is 17.3. The number of rotatable bonds is 14. The molecule has 4 aromatic rings. The zero-order chi connectivity index (χ0) is 32.4. The molecule has 4 aromatic carbocycles. The van der Waals surface area contributed by atoms with Gasteiger partial charge in [0, 0.05) is 24.0 Å². The van der Waals surface area contributed by atoms with Gasteiger partial charge in [0.05, 0.1) is 10.6 Å². The maximum atomic E-state index is 14.6. The topological polar surface area (TPSA) is 86.8 Å². The number of carbonyl (C=O) groups excluding carboxylic acids is 2. The van der Waals surface area contributed by atoms with Crippen LogP contribution in [0.1, 0.15) is 37.5 Å². The van der Waals surface area contributed by atoms with Crippen LogP contribution in [-0.2, 0) is 39.0 Å². The van der Waals surface area contributed by atoms with Crippen LogP contribution in [0.15, 0.2) is 119 Å². The number of nitrogens with zero attached hydrogens (tertiary/aromatic N) is 2. The van der Waals surface area contributed by atoms with Gasteiger partial charge in [0.15, 0.2) is 0 Å². The van der Waals surface area contributed by atoms with E-state index in [-0.39, 0.29) is 29.7 Å². The predicted octanol–water partition coefficient (Wildman–Crippen LogP) is 6.62. The van der Waals surface area contributed by atoms with Gasteiger partial charge in [-0.1, -0.05) is 116 Å². The molecule has 0 aliphatic rings. The van der Waals surface area contributed by atoms with Gasteiger partial charge < -0.3 is 10.2 Å². The minimum atomic E-state index is -4.14. The molecule has 7 nitrogen and oxygen atoms in total. The fraction of sp³-hybridized carbons (Fsp3) is 0.278. The number of sulfonamides is 1. The third-order valence-corrected chi connectivity index (χ3v) is 9.72. The van der Waals surface area contributed by atoms with Crippen LogP contribution in [-0.4, -0.2) is 44.3 Å². The molecule has 4 rings (SSSR count). The van der Waals surface area contributed by atoms with Gasteiger partial charge in [0.2, 0.25) is 11.8 Å².